The molecule has 1 amide bonds. The maximum absolute atomic E-state index is 12.1. The summed E-state index contributed by atoms with van der Waals surface area (Å²) < 4.78 is 7.38. The second-order valence-corrected chi connectivity index (χ2v) is 6.88. The van der Waals surface area contributed by atoms with E-state index >= 15 is 0 Å². The fourth-order valence-electron chi connectivity index (χ4n) is 3.50. The van der Waals surface area contributed by atoms with Crippen LogP contribution in [0.5, 0.6) is 0 Å². The summed E-state index contributed by atoms with van der Waals surface area (Å²) in [6.07, 6.45) is 8.86. The fourth-order valence-corrected chi connectivity index (χ4v) is 3.50. The molecular weight excluding hydrogens is 318 g/mol. The van der Waals surface area contributed by atoms with Gasteiger partial charge in [0.05, 0.1) is 18.9 Å². The summed E-state index contributed by atoms with van der Waals surface area (Å²) in [5, 5.41) is 4.21. The summed E-state index contributed by atoms with van der Waals surface area (Å²) in [5.41, 5.74) is 1.28. The van der Waals surface area contributed by atoms with Crippen LogP contribution in [0.4, 0.5) is 0 Å². The normalized spacial score (nSPS) is 18.0. The number of carbonyl (C=O) groups is 1. The molecule has 1 aliphatic rings. The van der Waals surface area contributed by atoms with Gasteiger partial charge < -0.3 is 14.2 Å². The zero-order valence-electron chi connectivity index (χ0n) is 15.3. The third-order valence-electron chi connectivity index (χ3n) is 4.77. The molecule has 0 aromatic carbocycles. The number of rotatable bonds is 7. The number of hydrogen-bond donors (Lipinski definition) is 0. The Labute approximate surface area is 148 Å². The predicted molar refractivity (Wildman–Crippen MR) is 93.8 cm³/mol. The Kier molecular flexibility index (Phi) is 5.53. The number of oxazole rings is 1. The maximum atomic E-state index is 12.1. The molecule has 1 atom stereocenters. The van der Waals surface area contributed by atoms with Gasteiger partial charge in [-0.1, -0.05) is 0 Å². The lowest BCUT2D eigenvalue weighted by molar-refractivity contribution is -0.132. The number of amides is 1. The van der Waals surface area contributed by atoms with Gasteiger partial charge >= 0.3 is 0 Å². The Morgan fingerprint density at radius 3 is 2.92 bits per heavy atom. The predicted octanol–water partition coefficient (Wildman–Crippen LogP) is 1.77. The average molecular weight is 345 g/mol. The molecule has 0 spiro atoms. The summed E-state index contributed by atoms with van der Waals surface area (Å²) in [6, 6.07) is 0.239. The Balaban J connectivity index is 1.48. The van der Waals surface area contributed by atoms with E-state index in [2.05, 4.69) is 21.2 Å². The highest BCUT2D eigenvalue weighted by molar-refractivity contribution is 5.73. The van der Waals surface area contributed by atoms with Crippen LogP contribution in [0.2, 0.25) is 0 Å². The molecule has 1 fully saturated rings. The number of hydrogen-bond acceptors (Lipinski definition) is 5. The van der Waals surface area contributed by atoms with Gasteiger partial charge in [-0.25, -0.2) is 4.98 Å². The van der Waals surface area contributed by atoms with Crippen LogP contribution in [-0.4, -0.2) is 56.1 Å². The molecule has 0 aliphatic carbocycles. The second kappa shape index (κ2) is 7.82. The number of carbonyl (C=O) groups excluding carboxylic acids is 1. The minimum Gasteiger partial charge on any atom is -0.444 e. The molecule has 1 aliphatic heterocycles. The third-order valence-corrected chi connectivity index (χ3v) is 4.77. The van der Waals surface area contributed by atoms with E-state index in [0.717, 1.165) is 44.7 Å². The SMILES string of the molecule is CC(=O)N(Cc1ncc(C)o1)[C@H]1CCN(CCCc2cnn(C)c2)C1. The van der Waals surface area contributed by atoms with Crippen LogP contribution >= 0.6 is 0 Å². The van der Waals surface area contributed by atoms with Crippen molar-refractivity contribution in [3.63, 3.8) is 0 Å². The van der Waals surface area contributed by atoms with Crippen LogP contribution in [0.15, 0.2) is 23.0 Å². The van der Waals surface area contributed by atoms with Gasteiger partial charge in [0.1, 0.15) is 5.76 Å². The minimum atomic E-state index is 0.0815. The highest BCUT2D eigenvalue weighted by Gasteiger charge is 2.29. The van der Waals surface area contributed by atoms with Crippen LogP contribution < -0.4 is 0 Å². The van der Waals surface area contributed by atoms with E-state index in [1.54, 1.807) is 13.1 Å². The molecule has 136 valence electrons. The lowest BCUT2D eigenvalue weighted by Crippen LogP contribution is -2.40. The molecule has 2 aromatic heterocycles. The zero-order chi connectivity index (χ0) is 17.8. The van der Waals surface area contributed by atoms with Gasteiger partial charge in [-0.3, -0.25) is 9.48 Å². The second-order valence-electron chi connectivity index (χ2n) is 6.88. The van der Waals surface area contributed by atoms with E-state index in [-0.39, 0.29) is 11.9 Å². The highest BCUT2D eigenvalue weighted by Crippen LogP contribution is 2.19. The standard InChI is InChI=1S/C18H27N5O2/c1-14-9-19-18(25-14)13-23(15(2)24)17-6-8-22(12-17)7-4-5-16-10-20-21(3)11-16/h9-11,17H,4-8,12-13H2,1-3H3/t17-/m0/s1. The Morgan fingerprint density at radius 1 is 1.44 bits per heavy atom. The fraction of sp³-hybridized carbons (Fsp3) is 0.611. The van der Waals surface area contributed by atoms with Crippen LogP contribution in [0.1, 0.15) is 37.0 Å². The van der Waals surface area contributed by atoms with Gasteiger partial charge in [0.15, 0.2) is 0 Å². The lowest BCUT2D eigenvalue weighted by atomic mass is 10.2. The van der Waals surface area contributed by atoms with Crippen molar-refractivity contribution >= 4 is 5.91 Å². The van der Waals surface area contributed by atoms with Crippen LogP contribution in [-0.2, 0) is 24.8 Å². The number of aryl methyl sites for hydroxylation is 3. The van der Waals surface area contributed by atoms with Crippen LogP contribution in [0.3, 0.4) is 0 Å². The molecule has 0 N–H and O–H groups in total. The van der Waals surface area contributed by atoms with Crippen molar-refractivity contribution in [3.8, 4) is 0 Å². The van der Waals surface area contributed by atoms with Gasteiger partial charge in [0, 0.05) is 39.3 Å². The van der Waals surface area contributed by atoms with Crippen molar-refractivity contribution in [2.75, 3.05) is 19.6 Å². The van der Waals surface area contributed by atoms with Gasteiger partial charge in [-0.05, 0) is 38.3 Å². The molecule has 0 saturated carbocycles. The molecule has 0 bridgehead atoms. The van der Waals surface area contributed by atoms with E-state index in [9.17, 15) is 4.79 Å². The monoisotopic (exact) mass is 345 g/mol. The summed E-state index contributed by atoms with van der Waals surface area (Å²) in [7, 11) is 1.94. The topological polar surface area (TPSA) is 67.4 Å². The van der Waals surface area contributed by atoms with Crippen LogP contribution in [0, 0.1) is 6.92 Å². The van der Waals surface area contributed by atoms with Crippen molar-refractivity contribution in [1.82, 2.24) is 24.6 Å². The Hall–Kier alpha value is -2.15. The quantitative estimate of drug-likeness (QED) is 0.765. The number of nitrogens with zero attached hydrogens (tertiary/aromatic N) is 5. The van der Waals surface area contributed by atoms with Gasteiger partial charge in [0.2, 0.25) is 11.8 Å². The zero-order valence-corrected chi connectivity index (χ0v) is 15.3. The minimum absolute atomic E-state index is 0.0815. The van der Waals surface area contributed by atoms with E-state index < -0.39 is 0 Å². The van der Waals surface area contributed by atoms with Gasteiger partial charge in [-0.2, -0.15) is 5.10 Å². The molecule has 1 saturated heterocycles. The first kappa shape index (κ1) is 17.7. The average Bonchev–Trinajstić information content (AvgIpc) is 3.27. The molecule has 7 heteroatoms. The van der Waals surface area contributed by atoms with Crippen molar-refractivity contribution in [3.05, 3.63) is 35.8 Å². The first-order valence-electron chi connectivity index (χ1n) is 8.89. The number of likely N-dealkylation sites (tertiary alicyclic amines) is 1. The molecule has 2 aromatic rings. The van der Waals surface area contributed by atoms with Gasteiger partial charge in [0.25, 0.3) is 0 Å². The van der Waals surface area contributed by atoms with Crippen molar-refractivity contribution in [1.29, 1.82) is 0 Å². The Bertz CT molecular complexity index is 708. The lowest BCUT2D eigenvalue weighted by Gasteiger charge is -2.27. The van der Waals surface area contributed by atoms with Gasteiger partial charge in [-0.15, -0.1) is 0 Å². The third kappa shape index (κ3) is 4.69. The van der Waals surface area contributed by atoms with E-state index in [1.165, 1.54) is 5.56 Å². The van der Waals surface area contributed by atoms with Crippen molar-refractivity contribution < 1.29 is 9.21 Å². The molecule has 3 heterocycles. The molecule has 0 radical (unpaired) electrons. The first-order chi connectivity index (χ1) is 12.0. The smallest absolute Gasteiger partial charge is 0.220 e. The molecule has 3 rings (SSSR count). The maximum Gasteiger partial charge on any atom is 0.220 e. The summed E-state index contributed by atoms with van der Waals surface area (Å²) in [5.74, 6) is 1.47. The van der Waals surface area contributed by atoms with Crippen molar-refractivity contribution in [2.45, 2.75) is 45.7 Å². The summed E-state index contributed by atoms with van der Waals surface area (Å²) in [4.78, 5) is 20.6. The molecule has 0 unspecified atom stereocenters. The summed E-state index contributed by atoms with van der Waals surface area (Å²) in [6.45, 7) is 6.96. The summed E-state index contributed by atoms with van der Waals surface area (Å²) >= 11 is 0. The van der Waals surface area contributed by atoms with Crippen LogP contribution in [0.25, 0.3) is 0 Å². The molecule has 7 nitrogen and oxygen atoms in total. The largest absolute Gasteiger partial charge is 0.444 e. The molecule has 25 heavy (non-hydrogen) atoms. The van der Waals surface area contributed by atoms with Crippen molar-refractivity contribution in [2.24, 2.45) is 7.05 Å². The van der Waals surface area contributed by atoms with E-state index in [1.807, 2.05) is 29.7 Å². The highest BCUT2D eigenvalue weighted by atomic mass is 16.4. The van der Waals surface area contributed by atoms with E-state index in [0.29, 0.717) is 12.4 Å². The molecular formula is C18H27N5O2. The number of aromatic nitrogens is 3. The first-order valence-corrected chi connectivity index (χ1v) is 8.89. The van der Waals surface area contributed by atoms with E-state index in [4.69, 9.17) is 4.42 Å². The Morgan fingerprint density at radius 2 is 2.28 bits per heavy atom.